The molecule has 0 unspecified atom stereocenters. The van der Waals surface area contributed by atoms with Gasteiger partial charge in [0.2, 0.25) is 0 Å². The van der Waals surface area contributed by atoms with Crippen molar-refractivity contribution in [2.45, 2.75) is 6.54 Å². The van der Waals surface area contributed by atoms with Crippen LogP contribution in [-0.2, 0) is 6.54 Å². The molecule has 0 aliphatic heterocycles. The molecule has 94 valence electrons. The van der Waals surface area contributed by atoms with Crippen LogP contribution in [-0.4, -0.2) is 0 Å². The lowest BCUT2D eigenvalue weighted by molar-refractivity contribution is 1.15. The van der Waals surface area contributed by atoms with Crippen molar-refractivity contribution >= 4 is 60.7 Å². The monoisotopic (exact) mass is 407 g/mol. The smallest absolute Gasteiger partial charge is 0.0595 e. The molecular formula is C13H9Br2Cl2N. The highest BCUT2D eigenvalue weighted by molar-refractivity contribution is 9.11. The summed E-state index contributed by atoms with van der Waals surface area (Å²) in [5.74, 6) is 0. The van der Waals surface area contributed by atoms with Crippen LogP contribution in [0.15, 0.2) is 45.3 Å². The number of hydrogen-bond acceptors (Lipinski definition) is 1. The van der Waals surface area contributed by atoms with Gasteiger partial charge in [-0.05, 0) is 51.8 Å². The molecule has 2 aromatic carbocycles. The van der Waals surface area contributed by atoms with E-state index in [9.17, 15) is 0 Å². The van der Waals surface area contributed by atoms with Crippen molar-refractivity contribution in [2.75, 3.05) is 5.32 Å². The molecule has 0 radical (unpaired) electrons. The summed E-state index contributed by atoms with van der Waals surface area (Å²) in [6.45, 7) is 0.692. The van der Waals surface area contributed by atoms with Gasteiger partial charge in [0.1, 0.15) is 0 Å². The van der Waals surface area contributed by atoms with Gasteiger partial charge in [-0.1, -0.05) is 45.2 Å². The summed E-state index contributed by atoms with van der Waals surface area (Å²) < 4.78 is 2.05. The lowest BCUT2D eigenvalue weighted by atomic mass is 10.2. The highest BCUT2D eigenvalue weighted by Gasteiger charge is 2.02. The van der Waals surface area contributed by atoms with Gasteiger partial charge in [-0.3, -0.25) is 0 Å². The highest BCUT2D eigenvalue weighted by atomic mass is 79.9. The van der Waals surface area contributed by atoms with Crippen LogP contribution in [0.4, 0.5) is 5.69 Å². The van der Waals surface area contributed by atoms with Crippen molar-refractivity contribution in [3.8, 4) is 0 Å². The van der Waals surface area contributed by atoms with Gasteiger partial charge in [-0.15, -0.1) is 0 Å². The van der Waals surface area contributed by atoms with Crippen LogP contribution in [0.2, 0.25) is 10.0 Å². The van der Waals surface area contributed by atoms with Gasteiger partial charge in [-0.2, -0.15) is 0 Å². The van der Waals surface area contributed by atoms with Gasteiger partial charge >= 0.3 is 0 Å². The Balaban J connectivity index is 2.09. The zero-order valence-corrected chi connectivity index (χ0v) is 13.9. The third-order valence-corrected chi connectivity index (χ3v) is 4.29. The van der Waals surface area contributed by atoms with Gasteiger partial charge in [0.15, 0.2) is 0 Å². The van der Waals surface area contributed by atoms with Crippen molar-refractivity contribution in [3.05, 3.63) is 61.0 Å². The van der Waals surface area contributed by atoms with Crippen molar-refractivity contribution in [1.82, 2.24) is 0 Å². The Morgan fingerprint density at radius 1 is 0.944 bits per heavy atom. The number of halogens is 4. The first-order valence-corrected chi connectivity index (χ1v) is 7.53. The number of rotatable bonds is 3. The molecule has 0 heterocycles. The minimum Gasteiger partial charge on any atom is -0.380 e. The molecule has 0 saturated heterocycles. The zero-order valence-electron chi connectivity index (χ0n) is 9.18. The molecule has 1 nitrogen and oxygen atoms in total. The molecule has 0 bridgehead atoms. The number of anilines is 1. The molecule has 0 atom stereocenters. The van der Waals surface area contributed by atoms with Crippen LogP contribution in [0, 0.1) is 0 Å². The van der Waals surface area contributed by atoms with E-state index in [1.807, 2.05) is 30.3 Å². The molecule has 0 spiro atoms. The van der Waals surface area contributed by atoms with E-state index >= 15 is 0 Å². The average Bonchev–Trinajstić information content (AvgIpc) is 2.32. The highest BCUT2D eigenvalue weighted by Crippen LogP contribution is 2.27. The molecule has 1 N–H and O–H groups in total. The fourth-order valence-corrected chi connectivity index (χ4v) is 2.99. The first-order chi connectivity index (χ1) is 8.56. The van der Waals surface area contributed by atoms with E-state index in [1.165, 1.54) is 0 Å². The fraction of sp³-hybridized carbons (Fsp3) is 0.0769. The van der Waals surface area contributed by atoms with Crippen LogP contribution in [0.1, 0.15) is 5.56 Å². The van der Waals surface area contributed by atoms with Gasteiger partial charge in [0.05, 0.1) is 10.0 Å². The van der Waals surface area contributed by atoms with Crippen molar-refractivity contribution < 1.29 is 0 Å². The first-order valence-electron chi connectivity index (χ1n) is 5.19. The van der Waals surface area contributed by atoms with E-state index < -0.39 is 0 Å². The van der Waals surface area contributed by atoms with E-state index in [0.29, 0.717) is 16.6 Å². The van der Waals surface area contributed by atoms with Crippen LogP contribution in [0.25, 0.3) is 0 Å². The topological polar surface area (TPSA) is 12.0 Å². The van der Waals surface area contributed by atoms with Gasteiger partial charge in [0.25, 0.3) is 0 Å². The number of benzene rings is 2. The molecule has 18 heavy (non-hydrogen) atoms. The van der Waals surface area contributed by atoms with Crippen molar-refractivity contribution in [2.24, 2.45) is 0 Å². The quantitative estimate of drug-likeness (QED) is 0.642. The van der Waals surface area contributed by atoms with Gasteiger partial charge < -0.3 is 5.32 Å². The zero-order chi connectivity index (χ0) is 13.1. The summed E-state index contributed by atoms with van der Waals surface area (Å²) in [7, 11) is 0. The van der Waals surface area contributed by atoms with E-state index in [-0.39, 0.29) is 0 Å². The second-order valence-corrected chi connectivity index (χ2v) is 6.31. The summed E-state index contributed by atoms with van der Waals surface area (Å²) in [5, 5.41) is 4.48. The number of hydrogen-bond donors (Lipinski definition) is 1. The predicted octanol–water partition coefficient (Wildman–Crippen LogP) is 6.13. The van der Waals surface area contributed by atoms with Crippen molar-refractivity contribution in [3.63, 3.8) is 0 Å². The maximum atomic E-state index is 5.97. The maximum absolute atomic E-state index is 5.97. The summed E-state index contributed by atoms with van der Waals surface area (Å²) in [6, 6.07) is 11.6. The van der Waals surface area contributed by atoms with Crippen molar-refractivity contribution in [1.29, 1.82) is 0 Å². The minimum absolute atomic E-state index is 0.574. The Kier molecular flexibility index (Phi) is 4.96. The maximum Gasteiger partial charge on any atom is 0.0595 e. The second kappa shape index (κ2) is 6.29. The normalized spacial score (nSPS) is 10.4. The van der Waals surface area contributed by atoms with Gasteiger partial charge in [0, 0.05) is 21.2 Å². The lowest BCUT2D eigenvalue weighted by Gasteiger charge is -2.09. The Morgan fingerprint density at radius 3 is 2.39 bits per heavy atom. The minimum atomic E-state index is 0.574. The Labute approximate surface area is 133 Å². The molecule has 0 saturated carbocycles. The van der Waals surface area contributed by atoms with E-state index in [1.54, 1.807) is 6.07 Å². The Morgan fingerprint density at radius 2 is 1.72 bits per heavy atom. The summed E-state index contributed by atoms with van der Waals surface area (Å²) in [5.41, 5.74) is 2.11. The molecule has 0 aliphatic rings. The third kappa shape index (κ3) is 3.64. The number of nitrogens with one attached hydrogen (secondary N) is 1. The third-order valence-electron chi connectivity index (χ3n) is 2.40. The molecule has 0 fully saturated rings. The van der Waals surface area contributed by atoms with Gasteiger partial charge in [-0.25, -0.2) is 0 Å². The SMILES string of the molecule is Clc1ccc(CNc2ccc(Br)cc2Br)cc1Cl. The van der Waals surface area contributed by atoms with Crippen LogP contribution in [0.3, 0.4) is 0 Å². The molecule has 2 aromatic rings. The van der Waals surface area contributed by atoms with E-state index in [0.717, 1.165) is 20.2 Å². The largest absolute Gasteiger partial charge is 0.380 e. The molecule has 2 rings (SSSR count). The molecule has 0 aromatic heterocycles. The van der Waals surface area contributed by atoms with Crippen LogP contribution >= 0.6 is 55.1 Å². The van der Waals surface area contributed by atoms with E-state index in [2.05, 4.69) is 37.2 Å². The summed E-state index contributed by atoms with van der Waals surface area (Å²) in [6.07, 6.45) is 0. The molecule has 5 heteroatoms. The first kappa shape index (κ1) is 14.2. The second-order valence-electron chi connectivity index (χ2n) is 3.73. The molecular weight excluding hydrogens is 401 g/mol. The Hall–Kier alpha value is -0.220. The fourth-order valence-electron chi connectivity index (χ4n) is 1.48. The standard InChI is InChI=1S/C13H9Br2Cl2N/c14-9-2-4-13(10(15)6-9)18-7-8-1-3-11(16)12(17)5-8/h1-6,18H,7H2. The summed E-state index contributed by atoms with van der Waals surface area (Å²) in [4.78, 5) is 0. The molecule has 0 amide bonds. The lowest BCUT2D eigenvalue weighted by Crippen LogP contribution is -1.99. The summed E-state index contributed by atoms with van der Waals surface area (Å²) >= 11 is 18.8. The predicted molar refractivity (Wildman–Crippen MR) is 85.6 cm³/mol. The average molecular weight is 410 g/mol. The Bertz CT molecular complexity index is 573. The van der Waals surface area contributed by atoms with Crippen LogP contribution in [0.5, 0.6) is 0 Å². The van der Waals surface area contributed by atoms with Crippen LogP contribution < -0.4 is 5.32 Å². The van der Waals surface area contributed by atoms with E-state index in [4.69, 9.17) is 23.2 Å². The molecule has 0 aliphatic carbocycles.